The van der Waals surface area contributed by atoms with Crippen molar-refractivity contribution in [3.63, 3.8) is 0 Å². The number of fused-ring (bicyclic) bond motifs is 1. The second-order valence-electron chi connectivity index (χ2n) is 4.56. The number of halogens is 2. The topological polar surface area (TPSA) is 29.5 Å². The van der Waals surface area contributed by atoms with Crippen LogP contribution >= 0.6 is 0 Å². The molecular formula is C12H12F2O2. The van der Waals surface area contributed by atoms with Crippen LogP contribution in [0.2, 0.25) is 0 Å². The molecule has 0 radical (unpaired) electrons. The van der Waals surface area contributed by atoms with E-state index in [0.29, 0.717) is 13.0 Å². The molecule has 2 aliphatic rings. The van der Waals surface area contributed by atoms with Crippen molar-refractivity contribution >= 4 is 0 Å². The lowest BCUT2D eigenvalue weighted by atomic mass is 9.83. The first-order valence-electron chi connectivity index (χ1n) is 5.46. The van der Waals surface area contributed by atoms with Gasteiger partial charge in [-0.1, -0.05) is 0 Å². The molecule has 1 aromatic rings. The third-order valence-corrected chi connectivity index (χ3v) is 3.45. The van der Waals surface area contributed by atoms with Crippen molar-refractivity contribution in [2.24, 2.45) is 5.92 Å². The van der Waals surface area contributed by atoms with Crippen LogP contribution in [-0.4, -0.2) is 11.7 Å². The molecule has 1 aliphatic heterocycles. The molecule has 0 aromatic heterocycles. The fourth-order valence-corrected chi connectivity index (χ4v) is 2.49. The van der Waals surface area contributed by atoms with Gasteiger partial charge in [-0.3, -0.25) is 0 Å². The molecule has 1 aliphatic carbocycles. The Morgan fingerprint density at radius 1 is 1.31 bits per heavy atom. The van der Waals surface area contributed by atoms with E-state index in [0.717, 1.165) is 25.0 Å². The largest absolute Gasteiger partial charge is 0.493 e. The van der Waals surface area contributed by atoms with E-state index in [1.807, 2.05) is 0 Å². The second-order valence-corrected chi connectivity index (χ2v) is 4.56. The Kier molecular flexibility index (Phi) is 1.98. The normalized spacial score (nSPS) is 28.4. The SMILES string of the molecule is OC1(C2CC2)CCOc2cc(F)cc(F)c21. The Hall–Kier alpha value is -1.16. The van der Waals surface area contributed by atoms with E-state index in [9.17, 15) is 13.9 Å². The Bertz CT molecular complexity index is 443. The average molecular weight is 226 g/mol. The number of aliphatic hydroxyl groups is 1. The third kappa shape index (κ3) is 1.33. The lowest BCUT2D eigenvalue weighted by Gasteiger charge is -2.34. The Balaban J connectivity index is 2.17. The van der Waals surface area contributed by atoms with Crippen LogP contribution in [0.4, 0.5) is 8.78 Å². The molecule has 16 heavy (non-hydrogen) atoms. The Morgan fingerprint density at radius 2 is 2.06 bits per heavy atom. The quantitative estimate of drug-likeness (QED) is 0.796. The summed E-state index contributed by atoms with van der Waals surface area (Å²) >= 11 is 0. The predicted molar refractivity (Wildman–Crippen MR) is 53.1 cm³/mol. The van der Waals surface area contributed by atoms with Crippen LogP contribution in [-0.2, 0) is 5.60 Å². The molecule has 1 fully saturated rings. The monoisotopic (exact) mass is 226 g/mol. The number of hydrogen-bond acceptors (Lipinski definition) is 2. The molecule has 4 heteroatoms. The summed E-state index contributed by atoms with van der Waals surface area (Å²) in [6.45, 7) is 0.308. The van der Waals surface area contributed by atoms with Crippen molar-refractivity contribution < 1.29 is 18.6 Å². The van der Waals surface area contributed by atoms with Crippen LogP contribution in [0.1, 0.15) is 24.8 Å². The zero-order valence-electron chi connectivity index (χ0n) is 8.67. The molecule has 2 nitrogen and oxygen atoms in total. The lowest BCUT2D eigenvalue weighted by molar-refractivity contribution is -0.0269. The molecule has 3 rings (SSSR count). The zero-order chi connectivity index (χ0) is 11.3. The smallest absolute Gasteiger partial charge is 0.135 e. The summed E-state index contributed by atoms with van der Waals surface area (Å²) in [5, 5.41) is 10.5. The van der Waals surface area contributed by atoms with E-state index in [-0.39, 0.29) is 17.2 Å². The molecule has 0 bridgehead atoms. The van der Waals surface area contributed by atoms with E-state index in [4.69, 9.17) is 4.74 Å². The maximum atomic E-state index is 13.7. The lowest BCUT2D eigenvalue weighted by Crippen LogP contribution is -2.36. The highest BCUT2D eigenvalue weighted by molar-refractivity contribution is 5.42. The summed E-state index contributed by atoms with van der Waals surface area (Å²) in [6, 6.07) is 1.95. The molecular weight excluding hydrogens is 214 g/mol. The fourth-order valence-electron chi connectivity index (χ4n) is 2.49. The Labute approximate surface area is 91.8 Å². The first-order valence-corrected chi connectivity index (χ1v) is 5.46. The maximum absolute atomic E-state index is 13.7. The second kappa shape index (κ2) is 3.17. The molecule has 1 N–H and O–H groups in total. The zero-order valence-corrected chi connectivity index (χ0v) is 8.67. The number of rotatable bonds is 1. The summed E-state index contributed by atoms with van der Waals surface area (Å²) in [4.78, 5) is 0. The highest BCUT2D eigenvalue weighted by Crippen LogP contribution is 2.52. The minimum atomic E-state index is -1.16. The third-order valence-electron chi connectivity index (χ3n) is 3.45. The van der Waals surface area contributed by atoms with Crippen molar-refractivity contribution in [1.82, 2.24) is 0 Å². The minimum absolute atomic E-state index is 0.0927. The van der Waals surface area contributed by atoms with E-state index >= 15 is 0 Å². The molecule has 1 saturated carbocycles. The standard InChI is InChI=1S/C12H12F2O2/c13-8-5-9(14)11-10(6-8)16-4-3-12(11,15)7-1-2-7/h5-7,15H,1-4H2. The van der Waals surface area contributed by atoms with Crippen LogP contribution in [0.15, 0.2) is 12.1 Å². The van der Waals surface area contributed by atoms with Gasteiger partial charge in [-0.15, -0.1) is 0 Å². The van der Waals surface area contributed by atoms with Gasteiger partial charge in [0.15, 0.2) is 0 Å². The van der Waals surface area contributed by atoms with Gasteiger partial charge >= 0.3 is 0 Å². The highest BCUT2D eigenvalue weighted by Gasteiger charge is 2.49. The van der Waals surface area contributed by atoms with Gasteiger partial charge in [0.05, 0.1) is 12.2 Å². The predicted octanol–water partition coefficient (Wildman–Crippen LogP) is 2.34. The van der Waals surface area contributed by atoms with Crippen molar-refractivity contribution in [2.45, 2.75) is 24.9 Å². The molecule has 86 valence electrons. The van der Waals surface area contributed by atoms with Crippen LogP contribution < -0.4 is 4.74 Å². The summed E-state index contributed by atoms with van der Waals surface area (Å²) in [7, 11) is 0. The van der Waals surface area contributed by atoms with Crippen LogP contribution in [0.25, 0.3) is 0 Å². The molecule has 0 amide bonds. The summed E-state index contributed by atoms with van der Waals surface area (Å²) in [5.41, 5.74) is -1.02. The highest BCUT2D eigenvalue weighted by atomic mass is 19.1. The number of hydrogen-bond donors (Lipinski definition) is 1. The van der Waals surface area contributed by atoms with E-state index in [2.05, 4.69) is 0 Å². The van der Waals surface area contributed by atoms with E-state index < -0.39 is 17.2 Å². The molecule has 0 spiro atoms. The Morgan fingerprint density at radius 3 is 2.75 bits per heavy atom. The van der Waals surface area contributed by atoms with Crippen LogP contribution in [0, 0.1) is 17.6 Å². The first-order chi connectivity index (χ1) is 7.61. The van der Waals surface area contributed by atoms with E-state index in [1.165, 1.54) is 0 Å². The van der Waals surface area contributed by atoms with E-state index in [1.54, 1.807) is 0 Å². The molecule has 0 saturated heterocycles. The van der Waals surface area contributed by atoms with Crippen molar-refractivity contribution in [3.8, 4) is 5.75 Å². The van der Waals surface area contributed by atoms with Gasteiger partial charge in [0.25, 0.3) is 0 Å². The summed E-state index contributed by atoms with van der Waals surface area (Å²) in [5.74, 6) is -1.13. The molecule has 1 unspecified atom stereocenters. The van der Waals surface area contributed by atoms with Gasteiger partial charge < -0.3 is 9.84 Å². The van der Waals surface area contributed by atoms with Crippen LogP contribution in [0.3, 0.4) is 0 Å². The number of ether oxygens (including phenoxy) is 1. The van der Waals surface area contributed by atoms with Gasteiger partial charge in [0, 0.05) is 18.6 Å². The van der Waals surface area contributed by atoms with Gasteiger partial charge in [-0.25, -0.2) is 8.78 Å². The van der Waals surface area contributed by atoms with Crippen LogP contribution in [0.5, 0.6) is 5.75 Å². The number of benzene rings is 1. The van der Waals surface area contributed by atoms with Crippen molar-refractivity contribution in [3.05, 3.63) is 29.3 Å². The van der Waals surface area contributed by atoms with Gasteiger partial charge in [-0.2, -0.15) is 0 Å². The fraction of sp³-hybridized carbons (Fsp3) is 0.500. The van der Waals surface area contributed by atoms with Gasteiger partial charge in [0.2, 0.25) is 0 Å². The summed E-state index contributed by atoms with van der Waals surface area (Å²) < 4.78 is 32.0. The van der Waals surface area contributed by atoms with Crippen molar-refractivity contribution in [2.75, 3.05) is 6.61 Å². The minimum Gasteiger partial charge on any atom is -0.493 e. The average Bonchev–Trinajstić information content (AvgIpc) is 2.99. The molecule has 1 atom stereocenters. The first kappa shape index (κ1) is 10.0. The molecule has 1 heterocycles. The van der Waals surface area contributed by atoms with Gasteiger partial charge in [-0.05, 0) is 18.8 Å². The van der Waals surface area contributed by atoms with Crippen molar-refractivity contribution in [1.29, 1.82) is 0 Å². The maximum Gasteiger partial charge on any atom is 0.135 e. The molecule has 1 aromatic carbocycles. The van der Waals surface area contributed by atoms with Gasteiger partial charge in [0.1, 0.15) is 23.0 Å². The summed E-state index contributed by atoms with van der Waals surface area (Å²) in [6.07, 6.45) is 2.17.